The largest absolute Gasteiger partial charge is 0.381 e. The van der Waals surface area contributed by atoms with Crippen molar-refractivity contribution >= 4 is 32.1 Å². The fourth-order valence-electron chi connectivity index (χ4n) is 3.81. The van der Waals surface area contributed by atoms with Gasteiger partial charge < -0.3 is 5.73 Å². The number of nitrogens with two attached hydrogens (primary N) is 1. The van der Waals surface area contributed by atoms with E-state index in [1.807, 2.05) is 5.38 Å². The fraction of sp³-hybridized carbons (Fsp3) is 0.615. The van der Waals surface area contributed by atoms with Gasteiger partial charge in [-0.3, -0.25) is 4.40 Å². The number of anilines is 1. The molecule has 1 saturated carbocycles. The molecule has 2 aromatic rings. The normalized spacial score (nSPS) is 27.2. The molecule has 2 fully saturated rings. The molecule has 1 saturated heterocycles. The number of hydrogen-bond acceptors (Lipinski definition) is 5. The van der Waals surface area contributed by atoms with E-state index in [4.69, 9.17) is 5.73 Å². The van der Waals surface area contributed by atoms with Gasteiger partial charge in [0.15, 0.2) is 15.8 Å². The Balaban J connectivity index is 1.80. The highest BCUT2D eigenvalue weighted by molar-refractivity contribution is 7.89. The lowest BCUT2D eigenvalue weighted by Crippen LogP contribution is -2.39. The predicted molar refractivity (Wildman–Crippen MR) is 81.7 cm³/mol. The average Bonchev–Trinajstić information content (AvgIpc) is 3.10. The Labute approximate surface area is 127 Å². The van der Waals surface area contributed by atoms with E-state index < -0.39 is 10.0 Å². The highest BCUT2D eigenvalue weighted by Crippen LogP contribution is 2.40. The van der Waals surface area contributed by atoms with Crippen LogP contribution < -0.4 is 5.73 Å². The minimum absolute atomic E-state index is 0.112. The van der Waals surface area contributed by atoms with Crippen molar-refractivity contribution in [3.63, 3.8) is 0 Å². The van der Waals surface area contributed by atoms with Gasteiger partial charge in [-0.05, 0) is 25.2 Å². The first-order chi connectivity index (χ1) is 10.1. The van der Waals surface area contributed by atoms with Crippen LogP contribution in [0.1, 0.15) is 32.1 Å². The maximum absolute atomic E-state index is 13.1. The van der Waals surface area contributed by atoms with Crippen LogP contribution in [-0.2, 0) is 10.0 Å². The monoisotopic (exact) mass is 326 g/mol. The second-order valence-electron chi connectivity index (χ2n) is 5.87. The molecule has 114 valence electrons. The topological polar surface area (TPSA) is 80.7 Å². The van der Waals surface area contributed by atoms with Crippen molar-refractivity contribution in [3.05, 3.63) is 11.6 Å². The number of nitrogen functional groups attached to an aromatic ring is 1. The summed E-state index contributed by atoms with van der Waals surface area (Å²) in [6.07, 6.45) is 7.14. The molecule has 2 atom stereocenters. The molecule has 1 aliphatic carbocycles. The van der Waals surface area contributed by atoms with Gasteiger partial charge in [0.1, 0.15) is 0 Å². The molecule has 6 nitrogen and oxygen atoms in total. The van der Waals surface area contributed by atoms with Gasteiger partial charge in [0, 0.05) is 24.2 Å². The summed E-state index contributed by atoms with van der Waals surface area (Å²) in [6, 6.07) is 0.146. The van der Waals surface area contributed by atoms with Gasteiger partial charge in [-0.2, -0.15) is 4.31 Å². The first-order valence-electron chi connectivity index (χ1n) is 7.32. The van der Waals surface area contributed by atoms with E-state index in [-0.39, 0.29) is 16.9 Å². The summed E-state index contributed by atoms with van der Waals surface area (Å²) in [4.78, 5) is 4.80. The van der Waals surface area contributed by atoms with Crippen LogP contribution in [0.25, 0.3) is 4.96 Å². The number of rotatable bonds is 2. The molecule has 4 rings (SSSR count). The number of hydrogen-bond donors (Lipinski definition) is 1. The predicted octanol–water partition coefficient (Wildman–Crippen LogP) is 1.93. The first kappa shape index (κ1) is 13.5. The SMILES string of the molecule is Nc1nc2sccn2c1S(=O)(=O)N1CCC2CCCCC21. The molecule has 0 spiro atoms. The van der Waals surface area contributed by atoms with Gasteiger partial charge in [-0.25, -0.2) is 13.4 Å². The van der Waals surface area contributed by atoms with Gasteiger partial charge in [0.25, 0.3) is 10.0 Å². The van der Waals surface area contributed by atoms with E-state index in [1.54, 1.807) is 14.9 Å². The molecule has 8 heteroatoms. The molecule has 3 heterocycles. The standard InChI is InChI=1S/C13H18N4O2S2/c14-11-12(16-7-8-20-13(16)15-11)21(18,19)17-6-5-9-3-1-2-4-10(9)17/h7-10H,1-6,14H2. The molecule has 2 unspecified atom stereocenters. The highest BCUT2D eigenvalue weighted by Gasteiger charge is 2.44. The molecular formula is C13H18N4O2S2. The Hall–Kier alpha value is -1.12. The lowest BCUT2D eigenvalue weighted by Gasteiger charge is -2.30. The number of aromatic nitrogens is 2. The van der Waals surface area contributed by atoms with Crippen LogP contribution in [0, 0.1) is 5.92 Å². The summed E-state index contributed by atoms with van der Waals surface area (Å²) >= 11 is 1.39. The van der Waals surface area contributed by atoms with E-state index in [1.165, 1.54) is 17.8 Å². The number of nitrogens with zero attached hydrogens (tertiary/aromatic N) is 3. The van der Waals surface area contributed by atoms with Crippen molar-refractivity contribution in [2.45, 2.75) is 43.2 Å². The Morgan fingerprint density at radius 3 is 2.95 bits per heavy atom. The minimum atomic E-state index is -3.58. The van der Waals surface area contributed by atoms with Crippen molar-refractivity contribution in [3.8, 4) is 0 Å². The summed E-state index contributed by atoms with van der Waals surface area (Å²) in [5, 5.41) is 1.97. The van der Waals surface area contributed by atoms with Crippen molar-refractivity contribution in [2.75, 3.05) is 12.3 Å². The first-order valence-corrected chi connectivity index (χ1v) is 9.64. The van der Waals surface area contributed by atoms with Crippen LogP contribution >= 0.6 is 11.3 Å². The zero-order valence-electron chi connectivity index (χ0n) is 11.6. The van der Waals surface area contributed by atoms with Crippen molar-refractivity contribution in [2.24, 2.45) is 5.92 Å². The van der Waals surface area contributed by atoms with Gasteiger partial charge in [-0.15, -0.1) is 11.3 Å². The van der Waals surface area contributed by atoms with Crippen LogP contribution in [0.5, 0.6) is 0 Å². The van der Waals surface area contributed by atoms with E-state index in [9.17, 15) is 8.42 Å². The molecule has 2 N–H and O–H groups in total. The van der Waals surface area contributed by atoms with Gasteiger partial charge >= 0.3 is 0 Å². The van der Waals surface area contributed by atoms with E-state index in [0.717, 1.165) is 25.7 Å². The molecular weight excluding hydrogens is 308 g/mol. The van der Waals surface area contributed by atoms with Crippen LogP contribution in [0.3, 0.4) is 0 Å². The zero-order chi connectivity index (χ0) is 14.6. The number of fused-ring (bicyclic) bond motifs is 2. The number of sulfonamides is 1. The van der Waals surface area contributed by atoms with Gasteiger partial charge in [0.05, 0.1) is 0 Å². The maximum atomic E-state index is 13.1. The molecule has 0 amide bonds. The number of imidazole rings is 1. The summed E-state index contributed by atoms with van der Waals surface area (Å²) in [6.45, 7) is 0.606. The third-order valence-corrected chi connectivity index (χ3v) is 7.48. The Morgan fingerprint density at radius 1 is 1.29 bits per heavy atom. The molecule has 2 aromatic heterocycles. The zero-order valence-corrected chi connectivity index (χ0v) is 13.2. The summed E-state index contributed by atoms with van der Waals surface area (Å²) in [7, 11) is -3.58. The molecule has 0 bridgehead atoms. The number of thiazole rings is 1. The van der Waals surface area contributed by atoms with E-state index >= 15 is 0 Å². The van der Waals surface area contributed by atoms with Gasteiger partial charge in [0.2, 0.25) is 0 Å². The lowest BCUT2D eigenvalue weighted by molar-refractivity contribution is 0.260. The smallest absolute Gasteiger partial charge is 0.263 e. The summed E-state index contributed by atoms with van der Waals surface area (Å²) in [5.41, 5.74) is 5.89. The molecule has 21 heavy (non-hydrogen) atoms. The molecule has 1 aliphatic heterocycles. The second kappa shape index (κ2) is 4.69. The summed E-state index contributed by atoms with van der Waals surface area (Å²) < 4.78 is 29.4. The molecule has 2 aliphatic rings. The Kier molecular flexibility index (Phi) is 3.02. The maximum Gasteiger partial charge on any atom is 0.263 e. The van der Waals surface area contributed by atoms with Crippen LogP contribution in [-0.4, -0.2) is 34.7 Å². The third-order valence-electron chi connectivity index (χ3n) is 4.76. The Bertz CT molecular complexity index is 779. The second-order valence-corrected chi connectivity index (χ2v) is 8.55. The highest BCUT2D eigenvalue weighted by atomic mass is 32.2. The molecule has 0 aromatic carbocycles. The minimum Gasteiger partial charge on any atom is -0.381 e. The van der Waals surface area contributed by atoms with Crippen LogP contribution in [0.15, 0.2) is 16.6 Å². The summed E-state index contributed by atoms with van der Waals surface area (Å²) in [5.74, 6) is 0.627. The lowest BCUT2D eigenvalue weighted by atomic mass is 9.86. The fourth-order valence-corrected chi connectivity index (χ4v) is 6.50. The average molecular weight is 326 g/mol. The van der Waals surface area contributed by atoms with E-state index in [2.05, 4.69) is 4.98 Å². The quantitative estimate of drug-likeness (QED) is 0.914. The van der Waals surface area contributed by atoms with Crippen LogP contribution in [0.4, 0.5) is 5.82 Å². The van der Waals surface area contributed by atoms with Crippen molar-refractivity contribution < 1.29 is 8.42 Å². The Morgan fingerprint density at radius 2 is 2.10 bits per heavy atom. The van der Waals surface area contributed by atoms with Crippen molar-refractivity contribution in [1.29, 1.82) is 0 Å². The molecule has 0 radical (unpaired) electrons. The van der Waals surface area contributed by atoms with Crippen LogP contribution in [0.2, 0.25) is 0 Å². The third kappa shape index (κ3) is 1.92. The van der Waals surface area contributed by atoms with Gasteiger partial charge in [-0.1, -0.05) is 12.8 Å². The van der Waals surface area contributed by atoms with E-state index in [0.29, 0.717) is 17.4 Å². The van der Waals surface area contributed by atoms with Crippen molar-refractivity contribution in [1.82, 2.24) is 13.7 Å².